The highest BCUT2D eigenvalue weighted by atomic mass is 16.2. The van der Waals surface area contributed by atoms with Gasteiger partial charge < -0.3 is 15.5 Å². The molecule has 1 aromatic rings. The number of amides is 2. The first-order valence-corrected chi connectivity index (χ1v) is 8.28. The molecule has 1 aliphatic carbocycles. The van der Waals surface area contributed by atoms with Gasteiger partial charge in [0.05, 0.1) is 0 Å². The Balaban J connectivity index is 1.52. The molecule has 0 spiro atoms. The van der Waals surface area contributed by atoms with Crippen molar-refractivity contribution in [3.63, 3.8) is 0 Å². The summed E-state index contributed by atoms with van der Waals surface area (Å²) >= 11 is 0. The number of nitrogens with one attached hydrogen (secondary N) is 2. The number of urea groups is 1. The van der Waals surface area contributed by atoms with E-state index in [1.807, 2.05) is 12.1 Å². The van der Waals surface area contributed by atoms with Crippen molar-refractivity contribution in [2.75, 3.05) is 36.4 Å². The van der Waals surface area contributed by atoms with Crippen LogP contribution in [0.25, 0.3) is 0 Å². The standard InChI is InChI=1S/C17H26N4O/c1-13(2)20-9-11-21(12-10-20)16-7-5-15(6-8-16)19-17(22)18-14-3-4-14/h5-8,13-14H,3-4,9-12H2,1-2H3,(H2,18,19,22). The number of benzene rings is 1. The number of nitrogens with zero attached hydrogens (tertiary/aromatic N) is 2. The molecule has 1 aliphatic heterocycles. The summed E-state index contributed by atoms with van der Waals surface area (Å²) in [5.74, 6) is 0. The van der Waals surface area contributed by atoms with Crippen LogP contribution in [0.15, 0.2) is 24.3 Å². The molecule has 2 amide bonds. The lowest BCUT2D eigenvalue weighted by Crippen LogP contribution is -2.48. The van der Waals surface area contributed by atoms with E-state index in [0.717, 1.165) is 44.7 Å². The van der Waals surface area contributed by atoms with E-state index in [2.05, 4.69) is 46.4 Å². The smallest absolute Gasteiger partial charge is 0.319 e. The summed E-state index contributed by atoms with van der Waals surface area (Å²) < 4.78 is 0. The Labute approximate surface area is 132 Å². The first-order chi connectivity index (χ1) is 10.6. The number of piperazine rings is 1. The third-order valence-electron chi connectivity index (χ3n) is 4.45. The van der Waals surface area contributed by atoms with Crippen LogP contribution in [0, 0.1) is 0 Å². The number of rotatable bonds is 4. The number of hydrogen-bond acceptors (Lipinski definition) is 3. The van der Waals surface area contributed by atoms with Gasteiger partial charge in [-0.15, -0.1) is 0 Å². The second kappa shape index (κ2) is 6.57. The van der Waals surface area contributed by atoms with Gasteiger partial charge in [0.2, 0.25) is 0 Å². The Kier molecular flexibility index (Phi) is 4.52. The van der Waals surface area contributed by atoms with Gasteiger partial charge in [0.25, 0.3) is 0 Å². The van der Waals surface area contributed by atoms with Crippen molar-refractivity contribution in [3.8, 4) is 0 Å². The van der Waals surface area contributed by atoms with Crippen LogP contribution in [0.4, 0.5) is 16.2 Å². The minimum atomic E-state index is -0.0965. The molecule has 1 heterocycles. The number of carbonyl (C=O) groups is 1. The van der Waals surface area contributed by atoms with Gasteiger partial charge in [-0.3, -0.25) is 4.90 Å². The lowest BCUT2D eigenvalue weighted by Gasteiger charge is -2.38. The second-order valence-electron chi connectivity index (χ2n) is 6.54. The van der Waals surface area contributed by atoms with Crippen molar-refractivity contribution >= 4 is 17.4 Å². The minimum absolute atomic E-state index is 0.0965. The summed E-state index contributed by atoms with van der Waals surface area (Å²) in [5.41, 5.74) is 2.08. The fraction of sp³-hybridized carbons (Fsp3) is 0.588. The molecule has 5 nitrogen and oxygen atoms in total. The van der Waals surface area contributed by atoms with Crippen LogP contribution in [0.1, 0.15) is 26.7 Å². The quantitative estimate of drug-likeness (QED) is 0.898. The van der Waals surface area contributed by atoms with E-state index in [1.54, 1.807) is 0 Å². The molecule has 0 atom stereocenters. The molecule has 1 saturated heterocycles. The van der Waals surface area contributed by atoms with E-state index in [9.17, 15) is 4.79 Å². The number of carbonyl (C=O) groups excluding carboxylic acids is 1. The summed E-state index contributed by atoms with van der Waals surface area (Å²) in [6.07, 6.45) is 2.21. The monoisotopic (exact) mass is 302 g/mol. The maximum Gasteiger partial charge on any atom is 0.319 e. The summed E-state index contributed by atoms with van der Waals surface area (Å²) in [5, 5.41) is 5.82. The Hall–Kier alpha value is -1.75. The maximum absolute atomic E-state index is 11.7. The molecule has 120 valence electrons. The minimum Gasteiger partial charge on any atom is -0.369 e. The third kappa shape index (κ3) is 3.91. The summed E-state index contributed by atoms with van der Waals surface area (Å²) in [4.78, 5) is 16.6. The van der Waals surface area contributed by atoms with Crippen molar-refractivity contribution < 1.29 is 4.79 Å². The zero-order chi connectivity index (χ0) is 15.5. The molecular weight excluding hydrogens is 276 g/mol. The summed E-state index contributed by atoms with van der Waals surface area (Å²) in [7, 11) is 0. The van der Waals surface area contributed by atoms with Crippen LogP contribution in [0.5, 0.6) is 0 Å². The Bertz CT molecular complexity index is 502. The lowest BCUT2D eigenvalue weighted by molar-refractivity contribution is 0.209. The molecule has 22 heavy (non-hydrogen) atoms. The van der Waals surface area contributed by atoms with Crippen molar-refractivity contribution in [1.82, 2.24) is 10.2 Å². The van der Waals surface area contributed by atoms with Gasteiger partial charge >= 0.3 is 6.03 Å². The molecule has 0 radical (unpaired) electrons. The van der Waals surface area contributed by atoms with E-state index in [-0.39, 0.29) is 6.03 Å². The third-order valence-corrected chi connectivity index (χ3v) is 4.45. The first-order valence-electron chi connectivity index (χ1n) is 8.28. The molecule has 1 aromatic carbocycles. The van der Waals surface area contributed by atoms with Crippen molar-refractivity contribution in [1.29, 1.82) is 0 Å². The van der Waals surface area contributed by atoms with Crippen molar-refractivity contribution in [2.24, 2.45) is 0 Å². The van der Waals surface area contributed by atoms with Crippen LogP contribution in [0.3, 0.4) is 0 Å². The van der Waals surface area contributed by atoms with Crippen LogP contribution in [-0.4, -0.2) is 49.2 Å². The normalized spacial score (nSPS) is 19.3. The van der Waals surface area contributed by atoms with E-state index >= 15 is 0 Å². The molecule has 5 heteroatoms. The van der Waals surface area contributed by atoms with Gasteiger partial charge in [-0.25, -0.2) is 4.79 Å². The second-order valence-corrected chi connectivity index (χ2v) is 6.54. The highest BCUT2D eigenvalue weighted by Gasteiger charge is 2.23. The fourth-order valence-corrected chi connectivity index (χ4v) is 2.83. The van der Waals surface area contributed by atoms with Gasteiger partial charge in [-0.1, -0.05) is 0 Å². The average Bonchev–Trinajstić information content (AvgIpc) is 3.32. The molecule has 1 saturated carbocycles. The van der Waals surface area contributed by atoms with Crippen molar-refractivity contribution in [3.05, 3.63) is 24.3 Å². The predicted octanol–water partition coefficient (Wildman–Crippen LogP) is 2.50. The molecular formula is C17H26N4O. The maximum atomic E-state index is 11.7. The van der Waals surface area contributed by atoms with E-state index < -0.39 is 0 Å². The molecule has 2 aliphatic rings. The van der Waals surface area contributed by atoms with Crippen LogP contribution < -0.4 is 15.5 Å². The summed E-state index contributed by atoms with van der Waals surface area (Å²) in [6.45, 7) is 8.86. The van der Waals surface area contributed by atoms with Gasteiger partial charge in [0, 0.05) is 49.6 Å². The lowest BCUT2D eigenvalue weighted by atomic mass is 10.2. The Morgan fingerprint density at radius 2 is 1.73 bits per heavy atom. The molecule has 2 N–H and O–H groups in total. The molecule has 0 bridgehead atoms. The largest absolute Gasteiger partial charge is 0.369 e. The van der Waals surface area contributed by atoms with E-state index in [0.29, 0.717) is 12.1 Å². The zero-order valence-corrected chi connectivity index (χ0v) is 13.5. The molecule has 3 rings (SSSR count). The van der Waals surface area contributed by atoms with Gasteiger partial charge in [0.15, 0.2) is 0 Å². The average molecular weight is 302 g/mol. The van der Waals surface area contributed by atoms with Gasteiger partial charge in [-0.2, -0.15) is 0 Å². The topological polar surface area (TPSA) is 47.6 Å². The van der Waals surface area contributed by atoms with Gasteiger partial charge in [-0.05, 0) is 51.0 Å². The SMILES string of the molecule is CC(C)N1CCN(c2ccc(NC(=O)NC3CC3)cc2)CC1. The Morgan fingerprint density at radius 1 is 1.09 bits per heavy atom. The first kappa shape index (κ1) is 15.2. The molecule has 0 unspecified atom stereocenters. The van der Waals surface area contributed by atoms with Crippen LogP contribution in [0.2, 0.25) is 0 Å². The number of hydrogen-bond donors (Lipinski definition) is 2. The Morgan fingerprint density at radius 3 is 2.27 bits per heavy atom. The fourth-order valence-electron chi connectivity index (χ4n) is 2.83. The molecule has 2 fully saturated rings. The van der Waals surface area contributed by atoms with E-state index in [4.69, 9.17) is 0 Å². The van der Waals surface area contributed by atoms with Gasteiger partial charge in [0.1, 0.15) is 0 Å². The summed E-state index contributed by atoms with van der Waals surface area (Å²) in [6, 6.07) is 9.07. The van der Waals surface area contributed by atoms with Crippen molar-refractivity contribution in [2.45, 2.75) is 38.8 Å². The highest BCUT2D eigenvalue weighted by molar-refractivity contribution is 5.89. The predicted molar refractivity (Wildman–Crippen MR) is 90.5 cm³/mol. The van der Waals surface area contributed by atoms with Crippen LogP contribution in [-0.2, 0) is 0 Å². The highest BCUT2D eigenvalue weighted by Crippen LogP contribution is 2.21. The van der Waals surface area contributed by atoms with E-state index in [1.165, 1.54) is 5.69 Å². The zero-order valence-electron chi connectivity index (χ0n) is 13.5. The molecule has 0 aromatic heterocycles. The van der Waals surface area contributed by atoms with Crippen LogP contribution >= 0.6 is 0 Å². The number of anilines is 2.